The molecule has 1 unspecified atom stereocenters. The lowest BCUT2D eigenvalue weighted by Crippen LogP contribution is -2.64. The summed E-state index contributed by atoms with van der Waals surface area (Å²) in [6.07, 6.45) is 2.98. The highest BCUT2D eigenvalue weighted by atomic mass is 79.9. The Morgan fingerprint density at radius 1 is 1.19 bits per heavy atom. The minimum atomic E-state index is -0.972. The van der Waals surface area contributed by atoms with Crippen LogP contribution in [0.4, 0.5) is 5.69 Å². The average molecular weight is 638 g/mol. The van der Waals surface area contributed by atoms with Crippen molar-refractivity contribution in [3.63, 3.8) is 0 Å². The van der Waals surface area contributed by atoms with E-state index in [0.717, 1.165) is 31.6 Å². The zero-order chi connectivity index (χ0) is 25.6. The number of likely N-dealkylation sites (tertiary alicyclic amines) is 1. The molecule has 2 saturated heterocycles. The van der Waals surface area contributed by atoms with Gasteiger partial charge in [-0.3, -0.25) is 9.59 Å². The van der Waals surface area contributed by atoms with Gasteiger partial charge in [-0.1, -0.05) is 32.7 Å². The van der Waals surface area contributed by atoms with Gasteiger partial charge in [-0.2, -0.15) is 0 Å². The van der Waals surface area contributed by atoms with Gasteiger partial charge in [0, 0.05) is 32.6 Å². The van der Waals surface area contributed by atoms with Gasteiger partial charge in [-0.05, 0) is 77.7 Å². The molecule has 0 aliphatic carbocycles. The Morgan fingerprint density at radius 2 is 1.97 bits per heavy atom. The minimum absolute atomic E-state index is 0.0519. The van der Waals surface area contributed by atoms with Crippen LogP contribution in [0.1, 0.15) is 24.1 Å². The molecule has 2 amide bonds. The number of nitrogens with zero attached hydrogens (tertiary/aromatic N) is 5. The Hall–Kier alpha value is -2.27. The van der Waals surface area contributed by atoms with E-state index >= 15 is 0 Å². The van der Waals surface area contributed by atoms with E-state index in [1.165, 1.54) is 0 Å². The van der Waals surface area contributed by atoms with E-state index in [0.29, 0.717) is 24.4 Å². The van der Waals surface area contributed by atoms with E-state index in [1.807, 2.05) is 37.4 Å². The van der Waals surface area contributed by atoms with Gasteiger partial charge in [0.15, 0.2) is 0 Å². The van der Waals surface area contributed by atoms with Gasteiger partial charge < -0.3 is 14.9 Å². The molecule has 8 nitrogen and oxygen atoms in total. The fraction of sp³-hybridized carbons (Fsp3) is 0.360. The van der Waals surface area contributed by atoms with E-state index in [1.54, 1.807) is 26.6 Å². The lowest BCUT2D eigenvalue weighted by molar-refractivity contribution is -0.160. The zero-order valence-corrected chi connectivity index (χ0v) is 23.4. The fourth-order valence-corrected chi connectivity index (χ4v) is 5.89. The van der Waals surface area contributed by atoms with E-state index < -0.39 is 11.5 Å². The van der Waals surface area contributed by atoms with Crippen molar-refractivity contribution in [3.8, 4) is 5.69 Å². The summed E-state index contributed by atoms with van der Waals surface area (Å²) in [6.45, 7) is 2.81. The molecular formula is C25H24Br2ClN5O3. The smallest absolute Gasteiger partial charge is 0.228 e. The summed E-state index contributed by atoms with van der Waals surface area (Å²) >= 11 is 13.0. The van der Waals surface area contributed by atoms with Crippen molar-refractivity contribution in [1.29, 1.82) is 0 Å². The minimum Gasteiger partial charge on any atom is -0.386 e. The van der Waals surface area contributed by atoms with Crippen LogP contribution in [0, 0.1) is 12.8 Å². The summed E-state index contributed by atoms with van der Waals surface area (Å²) in [4.78, 5) is 29.1. The van der Waals surface area contributed by atoms with Crippen LogP contribution in [0.15, 0.2) is 51.5 Å². The molecule has 2 aliphatic heterocycles. The lowest BCUT2D eigenvalue weighted by Gasteiger charge is -2.47. The number of amides is 2. The van der Waals surface area contributed by atoms with Crippen LogP contribution in [0.5, 0.6) is 0 Å². The number of hydrogen-bond acceptors (Lipinski definition) is 5. The van der Waals surface area contributed by atoms with Gasteiger partial charge in [0.2, 0.25) is 11.8 Å². The Morgan fingerprint density at radius 3 is 2.72 bits per heavy atom. The Labute approximate surface area is 230 Å². The first-order valence-corrected chi connectivity index (χ1v) is 13.5. The van der Waals surface area contributed by atoms with Gasteiger partial charge in [-0.25, -0.2) is 4.68 Å². The first kappa shape index (κ1) is 25.4. The molecule has 0 spiro atoms. The predicted octanol–water partition coefficient (Wildman–Crippen LogP) is 4.31. The molecular weight excluding hydrogens is 614 g/mol. The normalized spacial score (nSPS) is 19.0. The van der Waals surface area contributed by atoms with Gasteiger partial charge in [0.05, 0.1) is 36.6 Å². The molecule has 0 saturated carbocycles. The highest BCUT2D eigenvalue weighted by Gasteiger charge is 2.47. The second-order valence-corrected chi connectivity index (χ2v) is 11.7. The molecule has 11 heteroatoms. The standard InChI is InChI=1S/C25H24Br2ClN5O3/c1-15-8-17(26)2-5-21(15)32-11-16(9-23(32)34)24(35)31-13-25(36,14-31)7-6-19-12-33(30-29-19)22-10-18(28)3-4-20(22)27/h2-5,8,10,12,16,36H,6-7,9,11,13-14H2,1H3. The van der Waals surface area contributed by atoms with Crippen molar-refractivity contribution in [2.45, 2.75) is 31.8 Å². The van der Waals surface area contributed by atoms with E-state index in [2.05, 4.69) is 42.2 Å². The first-order valence-electron chi connectivity index (χ1n) is 11.6. The second-order valence-electron chi connectivity index (χ2n) is 9.51. The molecule has 3 aromatic rings. The highest BCUT2D eigenvalue weighted by Crippen LogP contribution is 2.33. The van der Waals surface area contributed by atoms with Crippen LogP contribution in [-0.2, 0) is 16.0 Å². The number of aryl methyl sites for hydroxylation is 2. The number of carbonyl (C=O) groups is 2. The molecule has 2 fully saturated rings. The van der Waals surface area contributed by atoms with Crippen LogP contribution < -0.4 is 4.90 Å². The number of benzene rings is 2. The summed E-state index contributed by atoms with van der Waals surface area (Å²) < 4.78 is 3.43. The highest BCUT2D eigenvalue weighted by molar-refractivity contribution is 9.10. The SMILES string of the molecule is Cc1cc(Br)ccc1N1CC(C(=O)N2CC(O)(CCc3cn(-c4cc(Cl)ccc4Br)nn3)C2)CC1=O. The molecule has 3 heterocycles. The molecule has 2 aromatic carbocycles. The maximum atomic E-state index is 13.1. The topological polar surface area (TPSA) is 91.6 Å². The van der Waals surface area contributed by atoms with Crippen molar-refractivity contribution in [3.05, 3.63) is 67.8 Å². The van der Waals surface area contributed by atoms with Crippen LogP contribution in [0.25, 0.3) is 5.69 Å². The number of rotatable bonds is 6. The van der Waals surface area contributed by atoms with Gasteiger partial charge in [0.1, 0.15) is 5.60 Å². The monoisotopic (exact) mass is 635 g/mol. The third kappa shape index (κ3) is 5.09. The van der Waals surface area contributed by atoms with Crippen LogP contribution >= 0.6 is 43.5 Å². The number of halogens is 3. The van der Waals surface area contributed by atoms with Crippen LogP contribution in [0.3, 0.4) is 0 Å². The number of aromatic nitrogens is 3. The molecule has 0 bridgehead atoms. The summed E-state index contributed by atoms with van der Waals surface area (Å²) in [5.41, 5.74) is 2.35. The molecule has 188 valence electrons. The van der Waals surface area contributed by atoms with Crippen molar-refractivity contribution in [2.75, 3.05) is 24.5 Å². The molecule has 5 rings (SSSR count). The first-order chi connectivity index (χ1) is 17.1. The summed E-state index contributed by atoms with van der Waals surface area (Å²) in [5.74, 6) is -0.535. The van der Waals surface area contributed by atoms with Crippen molar-refractivity contribution in [2.24, 2.45) is 5.92 Å². The summed E-state index contributed by atoms with van der Waals surface area (Å²) in [7, 11) is 0. The Balaban J connectivity index is 1.15. The summed E-state index contributed by atoms with van der Waals surface area (Å²) in [5, 5.41) is 19.9. The lowest BCUT2D eigenvalue weighted by atomic mass is 9.87. The quantitative estimate of drug-likeness (QED) is 0.435. The van der Waals surface area contributed by atoms with Gasteiger partial charge >= 0.3 is 0 Å². The number of anilines is 1. The zero-order valence-electron chi connectivity index (χ0n) is 19.5. The number of aliphatic hydroxyl groups is 1. The predicted molar refractivity (Wildman–Crippen MR) is 143 cm³/mol. The Bertz CT molecular complexity index is 1340. The maximum Gasteiger partial charge on any atom is 0.228 e. The molecule has 2 aliphatic rings. The molecule has 0 radical (unpaired) electrons. The number of β-amino-alcohol motifs (C(OH)–C–C–N with tert-alkyl or cyclic N) is 1. The molecule has 1 atom stereocenters. The fourth-order valence-electron chi connectivity index (χ4n) is 4.82. The van der Waals surface area contributed by atoms with E-state index in [4.69, 9.17) is 11.6 Å². The van der Waals surface area contributed by atoms with E-state index in [-0.39, 0.29) is 31.3 Å². The van der Waals surface area contributed by atoms with Crippen LogP contribution in [-0.4, -0.2) is 62.0 Å². The number of carbonyl (C=O) groups excluding carboxylic acids is 2. The summed E-state index contributed by atoms with van der Waals surface area (Å²) in [6, 6.07) is 11.2. The molecule has 1 aromatic heterocycles. The molecule has 1 N–H and O–H groups in total. The van der Waals surface area contributed by atoms with Crippen LogP contribution in [0.2, 0.25) is 5.02 Å². The largest absolute Gasteiger partial charge is 0.386 e. The third-order valence-electron chi connectivity index (χ3n) is 6.75. The van der Waals surface area contributed by atoms with Crippen molar-refractivity contribution >= 4 is 61.0 Å². The van der Waals surface area contributed by atoms with Crippen molar-refractivity contribution in [1.82, 2.24) is 19.9 Å². The molecule has 36 heavy (non-hydrogen) atoms. The van der Waals surface area contributed by atoms with Gasteiger partial charge in [0.25, 0.3) is 0 Å². The average Bonchev–Trinajstić information content (AvgIpc) is 3.44. The van der Waals surface area contributed by atoms with Gasteiger partial charge in [-0.15, -0.1) is 5.10 Å². The third-order valence-corrected chi connectivity index (χ3v) is 8.15. The van der Waals surface area contributed by atoms with E-state index in [9.17, 15) is 14.7 Å². The maximum absolute atomic E-state index is 13.1. The van der Waals surface area contributed by atoms with Crippen molar-refractivity contribution < 1.29 is 14.7 Å². The Kier molecular flexibility index (Phi) is 6.97. The second kappa shape index (κ2) is 9.89. The number of hydrogen-bond donors (Lipinski definition) is 1.